The minimum atomic E-state index is -0.191. The smallest absolute Gasteiger partial charge is 0.309 e. The standard InChI is InChI=1S/C11H14O2.C2H6/c1-3-9-4-6-10(7-5-9)8-11(12)13-2;1-2/h4-7H,3,8H2,1-2H3;1-2H3. The fourth-order valence-corrected chi connectivity index (χ4v) is 1.13. The molecule has 2 heteroatoms. The van der Waals surface area contributed by atoms with E-state index in [4.69, 9.17) is 0 Å². The molecule has 0 heterocycles. The summed E-state index contributed by atoms with van der Waals surface area (Å²) >= 11 is 0. The van der Waals surface area contributed by atoms with Gasteiger partial charge < -0.3 is 4.74 Å². The van der Waals surface area contributed by atoms with Crippen LogP contribution in [0.15, 0.2) is 24.3 Å². The van der Waals surface area contributed by atoms with Crippen molar-refractivity contribution >= 4 is 5.97 Å². The maximum atomic E-state index is 10.9. The maximum Gasteiger partial charge on any atom is 0.309 e. The van der Waals surface area contributed by atoms with Gasteiger partial charge in [0.1, 0.15) is 0 Å². The summed E-state index contributed by atoms with van der Waals surface area (Å²) in [5, 5.41) is 0. The number of hydrogen-bond acceptors (Lipinski definition) is 2. The summed E-state index contributed by atoms with van der Waals surface area (Å²) in [5.74, 6) is -0.191. The average molecular weight is 208 g/mol. The van der Waals surface area contributed by atoms with Gasteiger partial charge in [-0.1, -0.05) is 45.0 Å². The van der Waals surface area contributed by atoms with Crippen molar-refractivity contribution in [2.24, 2.45) is 0 Å². The van der Waals surface area contributed by atoms with E-state index in [1.54, 1.807) is 0 Å². The van der Waals surface area contributed by atoms with Gasteiger partial charge in [-0.05, 0) is 17.5 Å². The Hall–Kier alpha value is -1.31. The molecule has 0 unspecified atom stereocenters. The van der Waals surface area contributed by atoms with Crippen LogP contribution in [0.1, 0.15) is 31.9 Å². The quantitative estimate of drug-likeness (QED) is 0.714. The van der Waals surface area contributed by atoms with Crippen molar-refractivity contribution in [1.29, 1.82) is 0 Å². The van der Waals surface area contributed by atoms with E-state index in [2.05, 4.69) is 11.7 Å². The van der Waals surface area contributed by atoms with Crippen molar-refractivity contribution in [3.63, 3.8) is 0 Å². The molecule has 0 saturated carbocycles. The molecular weight excluding hydrogens is 188 g/mol. The van der Waals surface area contributed by atoms with Gasteiger partial charge >= 0.3 is 5.97 Å². The van der Waals surface area contributed by atoms with Crippen LogP contribution in [0.25, 0.3) is 0 Å². The minimum Gasteiger partial charge on any atom is -0.469 e. The average Bonchev–Trinajstić information content (AvgIpc) is 2.32. The number of carbonyl (C=O) groups excluding carboxylic acids is 1. The Morgan fingerprint density at radius 2 is 1.60 bits per heavy atom. The van der Waals surface area contributed by atoms with Gasteiger partial charge in [-0.2, -0.15) is 0 Å². The van der Waals surface area contributed by atoms with E-state index >= 15 is 0 Å². The van der Waals surface area contributed by atoms with E-state index in [-0.39, 0.29) is 5.97 Å². The lowest BCUT2D eigenvalue weighted by molar-refractivity contribution is -0.139. The summed E-state index contributed by atoms with van der Waals surface area (Å²) in [5.41, 5.74) is 2.29. The van der Waals surface area contributed by atoms with Crippen LogP contribution in [0.4, 0.5) is 0 Å². The molecule has 0 N–H and O–H groups in total. The Bertz CT molecular complexity index is 275. The maximum absolute atomic E-state index is 10.9. The Kier molecular flexibility index (Phi) is 7.33. The van der Waals surface area contributed by atoms with Crippen LogP contribution in [-0.4, -0.2) is 13.1 Å². The fraction of sp³-hybridized carbons (Fsp3) is 0.462. The predicted molar refractivity (Wildman–Crippen MR) is 62.9 cm³/mol. The highest BCUT2D eigenvalue weighted by Gasteiger charge is 2.01. The first kappa shape index (κ1) is 13.7. The number of carbonyl (C=O) groups is 1. The second-order valence-electron chi connectivity index (χ2n) is 2.92. The van der Waals surface area contributed by atoms with Gasteiger partial charge in [0.15, 0.2) is 0 Å². The Morgan fingerprint density at radius 3 is 2.00 bits per heavy atom. The number of methoxy groups -OCH3 is 1. The van der Waals surface area contributed by atoms with Crippen LogP contribution in [-0.2, 0) is 22.4 Å². The number of ether oxygens (including phenoxy) is 1. The van der Waals surface area contributed by atoms with E-state index in [0.717, 1.165) is 12.0 Å². The van der Waals surface area contributed by atoms with Crippen molar-refractivity contribution < 1.29 is 9.53 Å². The molecule has 0 radical (unpaired) electrons. The molecule has 0 atom stereocenters. The third-order valence-electron chi connectivity index (χ3n) is 2.01. The summed E-state index contributed by atoms with van der Waals surface area (Å²) in [6.45, 7) is 6.11. The SMILES string of the molecule is CC.CCc1ccc(CC(=O)OC)cc1. The third-order valence-corrected chi connectivity index (χ3v) is 2.01. The lowest BCUT2D eigenvalue weighted by Gasteiger charge is -2.00. The Morgan fingerprint density at radius 1 is 1.13 bits per heavy atom. The molecule has 15 heavy (non-hydrogen) atoms. The number of benzene rings is 1. The highest BCUT2D eigenvalue weighted by Crippen LogP contribution is 2.05. The molecule has 0 saturated heterocycles. The number of rotatable bonds is 3. The first-order chi connectivity index (χ1) is 7.26. The summed E-state index contributed by atoms with van der Waals surface area (Å²) in [7, 11) is 1.41. The van der Waals surface area contributed by atoms with Crippen molar-refractivity contribution in [3.8, 4) is 0 Å². The molecule has 84 valence electrons. The third kappa shape index (κ3) is 5.21. The van der Waals surface area contributed by atoms with E-state index < -0.39 is 0 Å². The van der Waals surface area contributed by atoms with Crippen molar-refractivity contribution in [1.82, 2.24) is 0 Å². The van der Waals surface area contributed by atoms with Crippen LogP contribution < -0.4 is 0 Å². The monoisotopic (exact) mass is 208 g/mol. The van der Waals surface area contributed by atoms with E-state index in [1.807, 2.05) is 38.1 Å². The minimum absolute atomic E-state index is 0.191. The number of esters is 1. The Labute approximate surface area is 92.3 Å². The van der Waals surface area contributed by atoms with Gasteiger partial charge in [-0.25, -0.2) is 0 Å². The predicted octanol–water partition coefficient (Wildman–Crippen LogP) is 2.99. The zero-order valence-electron chi connectivity index (χ0n) is 10.0. The molecule has 0 aliphatic rings. The Balaban J connectivity index is 0.000000921. The van der Waals surface area contributed by atoms with Gasteiger partial charge in [0.25, 0.3) is 0 Å². The topological polar surface area (TPSA) is 26.3 Å². The first-order valence-corrected chi connectivity index (χ1v) is 5.41. The highest BCUT2D eigenvalue weighted by atomic mass is 16.5. The lowest BCUT2D eigenvalue weighted by Crippen LogP contribution is -2.04. The zero-order chi connectivity index (χ0) is 11.7. The van der Waals surface area contributed by atoms with Gasteiger partial charge in [0.2, 0.25) is 0 Å². The molecule has 1 aromatic carbocycles. The van der Waals surface area contributed by atoms with Gasteiger partial charge in [0, 0.05) is 0 Å². The first-order valence-electron chi connectivity index (χ1n) is 5.41. The second-order valence-corrected chi connectivity index (χ2v) is 2.92. The molecule has 0 fully saturated rings. The largest absolute Gasteiger partial charge is 0.469 e. The molecule has 0 bridgehead atoms. The van der Waals surface area contributed by atoms with Crippen LogP contribution in [0, 0.1) is 0 Å². The van der Waals surface area contributed by atoms with Crippen molar-refractivity contribution in [2.75, 3.05) is 7.11 Å². The summed E-state index contributed by atoms with van der Waals surface area (Å²) in [6, 6.07) is 8.02. The molecular formula is C13H20O2. The molecule has 0 aliphatic carbocycles. The normalized spacial score (nSPS) is 8.80. The van der Waals surface area contributed by atoms with Gasteiger partial charge in [0.05, 0.1) is 13.5 Å². The summed E-state index contributed by atoms with van der Waals surface area (Å²) in [6.07, 6.45) is 1.39. The fourth-order valence-electron chi connectivity index (χ4n) is 1.13. The highest BCUT2D eigenvalue weighted by molar-refractivity contribution is 5.72. The second kappa shape index (κ2) is 8.04. The summed E-state index contributed by atoms with van der Waals surface area (Å²) < 4.78 is 4.57. The molecule has 2 nitrogen and oxygen atoms in total. The molecule has 0 aliphatic heterocycles. The van der Waals surface area contributed by atoms with Crippen LogP contribution >= 0.6 is 0 Å². The molecule has 1 rings (SSSR count). The van der Waals surface area contributed by atoms with Crippen LogP contribution in [0.3, 0.4) is 0 Å². The molecule has 0 amide bonds. The van der Waals surface area contributed by atoms with E-state index in [0.29, 0.717) is 6.42 Å². The molecule has 0 spiro atoms. The zero-order valence-corrected chi connectivity index (χ0v) is 10.0. The molecule has 0 aromatic heterocycles. The van der Waals surface area contributed by atoms with Crippen LogP contribution in [0.5, 0.6) is 0 Å². The van der Waals surface area contributed by atoms with E-state index in [1.165, 1.54) is 12.7 Å². The lowest BCUT2D eigenvalue weighted by atomic mass is 10.1. The van der Waals surface area contributed by atoms with Crippen molar-refractivity contribution in [2.45, 2.75) is 33.6 Å². The van der Waals surface area contributed by atoms with Crippen LogP contribution in [0.2, 0.25) is 0 Å². The van der Waals surface area contributed by atoms with Gasteiger partial charge in [-0.3, -0.25) is 4.79 Å². The van der Waals surface area contributed by atoms with Gasteiger partial charge in [-0.15, -0.1) is 0 Å². The number of aryl methyl sites for hydroxylation is 1. The summed E-state index contributed by atoms with van der Waals surface area (Å²) in [4.78, 5) is 10.9. The van der Waals surface area contributed by atoms with E-state index in [9.17, 15) is 4.79 Å². The number of hydrogen-bond donors (Lipinski definition) is 0. The molecule has 1 aromatic rings. The van der Waals surface area contributed by atoms with Crippen molar-refractivity contribution in [3.05, 3.63) is 35.4 Å².